The van der Waals surface area contributed by atoms with Gasteiger partial charge in [0.05, 0.1) is 20.3 Å². The molecule has 6 nitrogen and oxygen atoms in total. The molecule has 2 heterocycles. The second kappa shape index (κ2) is 8.47. The first kappa shape index (κ1) is 19.2. The predicted molar refractivity (Wildman–Crippen MR) is 110 cm³/mol. The van der Waals surface area contributed by atoms with Gasteiger partial charge >= 0.3 is 0 Å². The molecule has 29 heavy (non-hydrogen) atoms. The van der Waals surface area contributed by atoms with Crippen molar-refractivity contribution in [2.24, 2.45) is 0 Å². The van der Waals surface area contributed by atoms with Crippen LogP contribution in [0.2, 0.25) is 0 Å². The van der Waals surface area contributed by atoms with Crippen LogP contribution in [-0.2, 0) is 4.79 Å². The van der Waals surface area contributed by atoms with E-state index in [0.29, 0.717) is 24.7 Å². The molecule has 0 spiro atoms. The molecule has 152 valence electrons. The molecule has 2 aromatic rings. The number of benzene rings is 2. The molecule has 0 N–H and O–H groups in total. The minimum absolute atomic E-state index is 0.00262. The number of amides is 1. The summed E-state index contributed by atoms with van der Waals surface area (Å²) >= 11 is 0. The van der Waals surface area contributed by atoms with Crippen molar-refractivity contribution in [1.29, 1.82) is 0 Å². The van der Waals surface area contributed by atoms with Gasteiger partial charge in [0.25, 0.3) is 0 Å². The minimum atomic E-state index is -0.00262. The summed E-state index contributed by atoms with van der Waals surface area (Å²) in [6.07, 6.45) is 5.35. The zero-order valence-electron chi connectivity index (χ0n) is 16.7. The Balaban J connectivity index is 1.50. The summed E-state index contributed by atoms with van der Waals surface area (Å²) in [6.45, 7) is 1.87. The van der Waals surface area contributed by atoms with Gasteiger partial charge < -0.3 is 23.8 Å². The SMILES string of the molecule is COc1ccc(/C=C/C(=O)N2CCCC2c2ccc3c(c2)OCCO3)cc1OC. The monoisotopic (exact) mass is 395 g/mol. The number of fused-ring (bicyclic) bond motifs is 1. The van der Waals surface area contributed by atoms with Gasteiger partial charge in [-0.05, 0) is 54.3 Å². The molecule has 0 saturated carbocycles. The highest BCUT2D eigenvalue weighted by atomic mass is 16.6. The quantitative estimate of drug-likeness (QED) is 0.720. The normalized spacial score (nSPS) is 18.1. The van der Waals surface area contributed by atoms with Crippen LogP contribution in [0.5, 0.6) is 23.0 Å². The molecular weight excluding hydrogens is 370 g/mol. The highest BCUT2D eigenvalue weighted by Gasteiger charge is 2.29. The number of carbonyl (C=O) groups is 1. The molecular formula is C23H25NO5. The number of likely N-dealkylation sites (tertiary alicyclic amines) is 1. The van der Waals surface area contributed by atoms with Crippen LogP contribution < -0.4 is 18.9 Å². The molecule has 1 amide bonds. The van der Waals surface area contributed by atoms with Crippen LogP contribution in [0.3, 0.4) is 0 Å². The van der Waals surface area contributed by atoms with Crippen LogP contribution in [0.1, 0.15) is 30.0 Å². The standard InChI is InChI=1S/C23H25NO5/c1-26-19-8-5-16(14-21(19)27-2)6-10-23(25)24-11-3-4-18(24)17-7-9-20-22(15-17)29-13-12-28-20/h5-10,14-15,18H,3-4,11-13H2,1-2H3/b10-6+. The van der Waals surface area contributed by atoms with E-state index in [9.17, 15) is 4.79 Å². The third kappa shape index (κ3) is 4.01. The summed E-state index contributed by atoms with van der Waals surface area (Å²) in [7, 11) is 3.20. The van der Waals surface area contributed by atoms with E-state index in [2.05, 4.69) is 0 Å². The lowest BCUT2D eigenvalue weighted by atomic mass is 10.0. The number of rotatable bonds is 5. The summed E-state index contributed by atoms with van der Waals surface area (Å²) in [5.74, 6) is 2.82. The van der Waals surface area contributed by atoms with Crippen LogP contribution in [0.4, 0.5) is 0 Å². The second-order valence-corrected chi connectivity index (χ2v) is 7.04. The van der Waals surface area contributed by atoms with Crippen molar-refractivity contribution in [2.75, 3.05) is 34.0 Å². The molecule has 0 aliphatic carbocycles. The number of carbonyl (C=O) groups excluding carboxylic acids is 1. The van der Waals surface area contributed by atoms with Crippen LogP contribution in [-0.4, -0.2) is 44.8 Å². The highest BCUT2D eigenvalue weighted by molar-refractivity contribution is 5.92. The van der Waals surface area contributed by atoms with Gasteiger partial charge in [0.1, 0.15) is 13.2 Å². The molecule has 2 aliphatic heterocycles. The van der Waals surface area contributed by atoms with Gasteiger partial charge in [-0.25, -0.2) is 0 Å². The summed E-state index contributed by atoms with van der Waals surface area (Å²) in [5.41, 5.74) is 1.96. The fourth-order valence-electron chi connectivity index (χ4n) is 3.86. The molecule has 0 bridgehead atoms. The topological polar surface area (TPSA) is 57.2 Å². The third-order valence-corrected chi connectivity index (χ3v) is 5.31. The van der Waals surface area contributed by atoms with Crippen LogP contribution >= 0.6 is 0 Å². The largest absolute Gasteiger partial charge is 0.493 e. The smallest absolute Gasteiger partial charge is 0.247 e. The molecule has 2 aromatic carbocycles. The number of hydrogen-bond acceptors (Lipinski definition) is 5. The zero-order chi connectivity index (χ0) is 20.2. The Bertz CT molecular complexity index is 923. The summed E-state index contributed by atoms with van der Waals surface area (Å²) in [4.78, 5) is 14.8. The first-order chi connectivity index (χ1) is 14.2. The maximum Gasteiger partial charge on any atom is 0.247 e. The Hall–Kier alpha value is -3.15. The van der Waals surface area contributed by atoms with Crippen molar-refractivity contribution < 1.29 is 23.7 Å². The van der Waals surface area contributed by atoms with Crippen molar-refractivity contribution in [1.82, 2.24) is 4.90 Å². The van der Waals surface area contributed by atoms with Crippen molar-refractivity contribution >= 4 is 12.0 Å². The lowest BCUT2D eigenvalue weighted by Crippen LogP contribution is -2.29. The molecule has 6 heteroatoms. The van der Waals surface area contributed by atoms with Gasteiger partial charge in [-0.1, -0.05) is 12.1 Å². The Morgan fingerprint density at radius 2 is 1.83 bits per heavy atom. The first-order valence-corrected chi connectivity index (χ1v) is 9.80. The molecule has 0 aromatic heterocycles. The Labute approximate surface area is 170 Å². The van der Waals surface area contributed by atoms with E-state index >= 15 is 0 Å². The van der Waals surface area contributed by atoms with Gasteiger partial charge in [0.15, 0.2) is 23.0 Å². The van der Waals surface area contributed by atoms with Crippen molar-refractivity contribution in [3.63, 3.8) is 0 Å². The minimum Gasteiger partial charge on any atom is -0.493 e. The summed E-state index contributed by atoms with van der Waals surface area (Å²) in [6, 6.07) is 11.6. The number of nitrogens with zero attached hydrogens (tertiary/aromatic N) is 1. The van der Waals surface area contributed by atoms with Gasteiger partial charge in [-0.15, -0.1) is 0 Å². The molecule has 1 saturated heterocycles. The molecule has 0 radical (unpaired) electrons. The van der Waals surface area contributed by atoms with E-state index < -0.39 is 0 Å². The maximum atomic E-state index is 12.9. The molecule has 1 fully saturated rings. The zero-order valence-corrected chi connectivity index (χ0v) is 16.7. The number of hydrogen-bond donors (Lipinski definition) is 0. The highest BCUT2D eigenvalue weighted by Crippen LogP contribution is 2.38. The first-order valence-electron chi connectivity index (χ1n) is 9.80. The number of methoxy groups -OCH3 is 2. The third-order valence-electron chi connectivity index (χ3n) is 5.31. The van der Waals surface area contributed by atoms with Crippen LogP contribution in [0, 0.1) is 0 Å². The average Bonchev–Trinajstić information content (AvgIpc) is 3.27. The fourth-order valence-corrected chi connectivity index (χ4v) is 3.86. The van der Waals surface area contributed by atoms with Gasteiger partial charge in [0.2, 0.25) is 5.91 Å². The second-order valence-electron chi connectivity index (χ2n) is 7.04. The summed E-state index contributed by atoms with van der Waals surface area (Å²) in [5, 5.41) is 0. The van der Waals surface area contributed by atoms with E-state index in [4.69, 9.17) is 18.9 Å². The Kier molecular flexibility index (Phi) is 5.60. The van der Waals surface area contributed by atoms with E-state index in [1.165, 1.54) is 0 Å². The molecule has 4 rings (SSSR count). The van der Waals surface area contributed by atoms with E-state index in [1.807, 2.05) is 47.4 Å². The number of ether oxygens (including phenoxy) is 4. The van der Waals surface area contributed by atoms with E-state index in [-0.39, 0.29) is 11.9 Å². The van der Waals surface area contributed by atoms with Gasteiger partial charge in [-0.3, -0.25) is 4.79 Å². The lowest BCUT2D eigenvalue weighted by molar-refractivity contribution is -0.126. The lowest BCUT2D eigenvalue weighted by Gasteiger charge is -2.26. The average molecular weight is 395 g/mol. The molecule has 1 atom stereocenters. The molecule has 2 aliphatic rings. The maximum absolute atomic E-state index is 12.9. The van der Waals surface area contributed by atoms with E-state index in [1.54, 1.807) is 20.3 Å². The molecule has 1 unspecified atom stereocenters. The summed E-state index contributed by atoms with van der Waals surface area (Å²) < 4.78 is 21.9. The predicted octanol–water partition coefficient (Wildman–Crippen LogP) is 3.85. The Morgan fingerprint density at radius 3 is 2.62 bits per heavy atom. The Morgan fingerprint density at radius 1 is 1.03 bits per heavy atom. The van der Waals surface area contributed by atoms with Crippen LogP contribution in [0.15, 0.2) is 42.5 Å². The van der Waals surface area contributed by atoms with Crippen molar-refractivity contribution in [2.45, 2.75) is 18.9 Å². The van der Waals surface area contributed by atoms with E-state index in [0.717, 1.165) is 42.0 Å². The van der Waals surface area contributed by atoms with Crippen molar-refractivity contribution in [3.8, 4) is 23.0 Å². The van der Waals surface area contributed by atoms with Gasteiger partial charge in [-0.2, -0.15) is 0 Å². The van der Waals surface area contributed by atoms with Gasteiger partial charge in [0, 0.05) is 12.6 Å². The van der Waals surface area contributed by atoms with Crippen molar-refractivity contribution in [3.05, 3.63) is 53.6 Å². The van der Waals surface area contributed by atoms with Crippen LogP contribution in [0.25, 0.3) is 6.08 Å². The fraction of sp³-hybridized carbons (Fsp3) is 0.348.